The fourth-order valence-corrected chi connectivity index (χ4v) is 4.26. The van der Waals surface area contributed by atoms with Crippen LogP contribution in [0.25, 0.3) is 0 Å². The van der Waals surface area contributed by atoms with Crippen LogP contribution in [0.15, 0.2) is 36.4 Å². The van der Waals surface area contributed by atoms with Crippen LogP contribution < -0.4 is 4.90 Å². The number of imide groups is 1. The molecule has 0 spiro atoms. The molecule has 0 aromatic heterocycles. The Bertz CT molecular complexity index is 752. The summed E-state index contributed by atoms with van der Waals surface area (Å²) in [6, 6.07) is 7.69. The van der Waals surface area contributed by atoms with Crippen molar-refractivity contribution in [3.8, 4) is 0 Å². The van der Waals surface area contributed by atoms with Crippen LogP contribution in [-0.2, 0) is 9.59 Å². The van der Waals surface area contributed by atoms with Crippen LogP contribution in [0.5, 0.6) is 0 Å². The van der Waals surface area contributed by atoms with E-state index in [4.69, 9.17) is 0 Å². The van der Waals surface area contributed by atoms with Crippen molar-refractivity contribution in [3.63, 3.8) is 0 Å². The molecule has 142 valence electrons. The molecule has 6 nitrogen and oxygen atoms in total. The van der Waals surface area contributed by atoms with Gasteiger partial charge >= 0.3 is 0 Å². The number of hydrogen-bond acceptors (Lipinski definition) is 5. The summed E-state index contributed by atoms with van der Waals surface area (Å²) in [6.45, 7) is 5.26. The molecule has 0 bridgehead atoms. The van der Waals surface area contributed by atoms with Crippen molar-refractivity contribution < 1.29 is 14.4 Å². The van der Waals surface area contributed by atoms with Crippen molar-refractivity contribution in [2.45, 2.75) is 19.8 Å². The van der Waals surface area contributed by atoms with E-state index in [1.54, 1.807) is 6.92 Å². The fourth-order valence-electron chi connectivity index (χ4n) is 4.26. The molecule has 4 rings (SSSR count). The molecule has 2 saturated heterocycles. The Balaban J connectivity index is 1.34. The number of nitrogens with zero attached hydrogens (tertiary/aromatic N) is 3. The van der Waals surface area contributed by atoms with Crippen molar-refractivity contribution in [1.29, 1.82) is 0 Å². The van der Waals surface area contributed by atoms with Crippen LogP contribution in [-0.4, -0.2) is 60.2 Å². The molecule has 1 aromatic rings. The number of carbonyl (C=O) groups excluding carboxylic acids is 3. The summed E-state index contributed by atoms with van der Waals surface area (Å²) in [6.07, 6.45) is 5.42. The summed E-state index contributed by atoms with van der Waals surface area (Å²) < 4.78 is 0. The number of carbonyl (C=O) groups is 3. The predicted molar refractivity (Wildman–Crippen MR) is 102 cm³/mol. The number of allylic oxidation sites excluding steroid dienone is 2. The van der Waals surface area contributed by atoms with Crippen LogP contribution in [0.3, 0.4) is 0 Å². The van der Waals surface area contributed by atoms with Gasteiger partial charge in [0.1, 0.15) is 0 Å². The number of rotatable bonds is 4. The van der Waals surface area contributed by atoms with Crippen molar-refractivity contribution in [2.24, 2.45) is 11.8 Å². The molecular weight excluding hydrogens is 342 g/mol. The van der Waals surface area contributed by atoms with E-state index in [0.29, 0.717) is 19.5 Å². The van der Waals surface area contributed by atoms with E-state index < -0.39 is 0 Å². The molecule has 0 saturated carbocycles. The van der Waals surface area contributed by atoms with Gasteiger partial charge in [0.2, 0.25) is 11.8 Å². The molecule has 6 heteroatoms. The van der Waals surface area contributed by atoms with E-state index in [1.807, 2.05) is 36.4 Å². The Labute approximate surface area is 159 Å². The van der Waals surface area contributed by atoms with Gasteiger partial charge in [0, 0.05) is 37.4 Å². The molecule has 2 fully saturated rings. The van der Waals surface area contributed by atoms with Gasteiger partial charge in [-0.25, -0.2) is 0 Å². The summed E-state index contributed by atoms with van der Waals surface area (Å²) >= 11 is 0. The monoisotopic (exact) mass is 367 g/mol. The van der Waals surface area contributed by atoms with Crippen LogP contribution in [0.2, 0.25) is 0 Å². The van der Waals surface area contributed by atoms with E-state index in [1.165, 1.54) is 4.90 Å². The first kappa shape index (κ1) is 17.9. The van der Waals surface area contributed by atoms with E-state index in [9.17, 15) is 14.4 Å². The number of piperazine rings is 1. The molecule has 2 atom stereocenters. The standard InChI is InChI=1S/C21H25N3O3/c1-15(25)16-6-8-17(9-7-16)23-12-10-22(11-13-23)14-24-20(26)18-4-2-3-5-19(18)21(24)27/h2-3,6-9,18-19H,4-5,10-14H2,1H3. The minimum atomic E-state index is -0.149. The zero-order chi connectivity index (χ0) is 19.0. The SMILES string of the molecule is CC(=O)c1ccc(N2CCN(CN3C(=O)C4CC=CCC4C3=O)CC2)cc1. The molecule has 2 unspecified atom stereocenters. The number of Topliss-reactive ketones (excluding diaryl/α,β-unsaturated/α-hetero) is 1. The largest absolute Gasteiger partial charge is 0.369 e. The number of anilines is 1. The first-order chi connectivity index (χ1) is 13.0. The van der Waals surface area contributed by atoms with Crippen molar-refractivity contribution >= 4 is 23.3 Å². The number of hydrogen-bond donors (Lipinski definition) is 0. The Morgan fingerprint density at radius 2 is 1.48 bits per heavy atom. The van der Waals surface area contributed by atoms with Crippen LogP contribution >= 0.6 is 0 Å². The van der Waals surface area contributed by atoms with Crippen molar-refractivity contribution in [3.05, 3.63) is 42.0 Å². The highest BCUT2D eigenvalue weighted by Gasteiger charge is 2.47. The average Bonchev–Trinajstić information content (AvgIpc) is 2.94. The van der Waals surface area contributed by atoms with Gasteiger partial charge in [-0.3, -0.25) is 24.2 Å². The Hall–Kier alpha value is -2.47. The highest BCUT2D eigenvalue weighted by molar-refractivity contribution is 6.05. The maximum Gasteiger partial charge on any atom is 0.234 e. The highest BCUT2D eigenvalue weighted by Crippen LogP contribution is 2.35. The normalized spacial score (nSPS) is 25.8. The Morgan fingerprint density at radius 1 is 0.926 bits per heavy atom. The molecule has 2 aliphatic heterocycles. The molecule has 0 N–H and O–H groups in total. The summed E-state index contributed by atoms with van der Waals surface area (Å²) in [4.78, 5) is 42.5. The summed E-state index contributed by atoms with van der Waals surface area (Å²) in [7, 11) is 0. The minimum Gasteiger partial charge on any atom is -0.369 e. The van der Waals surface area contributed by atoms with Gasteiger partial charge in [-0.15, -0.1) is 0 Å². The van der Waals surface area contributed by atoms with E-state index in [2.05, 4.69) is 9.80 Å². The van der Waals surface area contributed by atoms with Gasteiger partial charge in [0.15, 0.2) is 5.78 Å². The van der Waals surface area contributed by atoms with Gasteiger partial charge in [-0.1, -0.05) is 12.2 Å². The first-order valence-electron chi connectivity index (χ1n) is 9.63. The van der Waals surface area contributed by atoms with Crippen LogP contribution in [0, 0.1) is 11.8 Å². The van der Waals surface area contributed by atoms with Crippen molar-refractivity contribution in [1.82, 2.24) is 9.80 Å². The van der Waals surface area contributed by atoms with Crippen LogP contribution in [0.4, 0.5) is 5.69 Å². The van der Waals surface area contributed by atoms with Gasteiger partial charge < -0.3 is 4.90 Å². The fraction of sp³-hybridized carbons (Fsp3) is 0.476. The maximum absolute atomic E-state index is 12.6. The predicted octanol–water partition coefficient (Wildman–Crippen LogP) is 1.92. The van der Waals surface area contributed by atoms with Crippen LogP contribution in [0.1, 0.15) is 30.1 Å². The molecule has 1 aliphatic carbocycles. The second-order valence-electron chi connectivity index (χ2n) is 7.61. The quantitative estimate of drug-likeness (QED) is 0.462. The van der Waals surface area contributed by atoms with E-state index in [-0.39, 0.29) is 29.4 Å². The number of ketones is 1. The molecule has 2 amide bonds. The zero-order valence-corrected chi connectivity index (χ0v) is 15.6. The number of fused-ring (bicyclic) bond motifs is 1. The lowest BCUT2D eigenvalue weighted by molar-refractivity contribution is -0.142. The summed E-state index contributed by atoms with van der Waals surface area (Å²) in [5.74, 6) is -0.234. The van der Waals surface area contributed by atoms with Crippen molar-refractivity contribution in [2.75, 3.05) is 37.7 Å². The van der Waals surface area contributed by atoms with E-state index >= 15 is 0 Å². The molecule has 3 aliphatic rings. The third-order valence-corrected chi connectivity index (χ3v) is 5.95. The van der Waals surface area contributed by atoms with E-state index in [0.717, 1.165) is 37.4 Å². The Kier molecular flexibility index (Phi) is 4.83. The Morgan fingerprint density at radius 3 is 2.00 bits per heavy atom. The zero-order valence-electron chi connectivity index (χ0n) is 15.6. The minimum absolute atomic E-state index is 0.00315. The molecule has 1 aromatic carbocycles. The summed E-state index contributed by atoms with van der Waals surface area (Å²) in [5, 5.41) is 0. The maximum atomic E-state index is 12.6. The third kappa shape index (κ3) is 3.41. The lowest BCUT2D eigenvalue weighted by Crippen LogP contribution is -2.51. The second-order valence-corrected chi connectivity index (χ2v) is 7.61. The molecule has 2 heterocycles. The lowest BCUT2D eigenvalue weighted by atomic mass is 9.85. The highest BCUT2D eigenvalue weighted by atomic mass is 16.2. The molecule has 27 heavy (non-hydrogen) atoms. The molecule has 0 radical (unpaired) electrons. The van der Waals surface area contributed by atoms with Gasteiger partial charge in [-0.2, -0.15) is 0 Å². The second kappa shape index (κ2) is 7.27. The average molecular weight is 367 g/mol. The molecular formula is C21H25N3O3. The summed E-state index contributed by atoms with van der Waals surface area (Å²) in [5.41, 5.74) is 1.82. The van der Waals surface area contributed by atoms with Gasteiger partial charge in [-0.05, 0) is 44.0 Å². The first-order valence-corrected chi connectivity index (χ1v) is 9.63. The number of amides is 2. The smallest absolute Gasteiger partial charge is 0.234 e. The number of benzene rings is 1. The van der Waals surface area contributed by atoms with Gasteiger partial charge in [0.05, 0.1) is 18.5 Å². The number of likely N-dealkylation sites (tertiary alicyclic amines) is 1. The lowest BCUT2D eigenvalue weighted by Gasteiger charge is -2.37. The van der Waals surface area contributed by atoms with Gasteiger partial charge in [0.25, 0.3) is 0 Å². The third-order valence-electron chi connectivity index (χ3n) is 5.95. The topological polar surface area (TPSA) is 60.9 Å².